The zero-order chi connectivity index (χ0) is 14.3. The summed E-state index contributed by atoms with van der Waals surface area (Å²) in [6.07, 6.45) is 0. The summed E-state index contributed by atoms with van der Waals surface area (Å²) in [5, 5.41) is 19.8. The second-order valence-electron chi connectivity index (χ2n) is 3.64. The van der Waals surface area contributed by atoms with Crippen LogP contribution >= 0.6 is 11.8 Å². The van der Waals surface area contributed by atoms with Gasteiger partial charge in [-0.15, -0.1) is 11.8 Å². The van der Waals surface area contributed by atoms with Crippen molar-refractivity contribution in [1.29, 1.82) is 5.26 Å². The van der Waals surface area contributed by atoms with Crippen LogP contribution in [-0.4, -0.2) is 40.0 Å². The molecule has 0 saturated carbocycles. The van der Waals surface area contributed by atoms with Gasteiger partial charge in [0.15, 0.2) is 0 Å². The summed E-state index contributed by atoms with van der Waals surface area (Å²) in [5.41, 5.74) is 1.20. The van der Waals surface area contributed by atoms with Gasteiger partial charge in [0.1, 0.15) is 11.8 Å². The number of aliphatic carboxylic acids is 1. The third kappa shape index (κ3) is 4.97. The molecule has 0 aliphatic rings. The molecular weight excluding hydrogens is 266 g/mol. The van der Waals surface area contributed by atoms with Crippen molar-refractivity contribution in [2.24, 2.45) is 0 Å². The van der Waals surface area contributed by atoms with Crippen molar-refractivity contribution < 1.29 is 14.7 Å². The first-order valence-electron chi connectivity index (χ1n) is 5.50. The molecule has 1 rings (SSSR count). The largest absolute Gasteiger partial charge is 0.481 e. The highest BCUT2D eigenvalue weighted by molar-refractivity contribution is 7.99. The molecule has 0 aromatic carbocycles. The van der Waals surface area contributed by atoms with Crippen molar-refractivity contribution in [3.63, 3.8) is 0 Å². The molecule has 1 aromatic heterocycles. The molecule has 1 aromatic rings. The number of carbonyl (C=O) groups excluding carboxylic acids is 1. The van der Waals surface area contributed by atoms with Crippen molar-refractivity contribution in [2.75, 3.05) is 18.1 Å². The Labute approximate surface area is 114 Å². The second-order valence-corrected chi connectivity index (χ2v) is 4.75. The fourth-order valence-electron chi connectivity index (χ4n) is 1.29. The Kier molecular flexibility index (Phi) is 5.82. The average Bonchev–Trinajstić information content (AvgIpc) is 2.37. The number of thioether (sulfide) groups is 1. The van der Waals surface area contributed by atoms with E-state index in [1.54, 1.807) is 13.0 Å². The molecule has 100 valence electrons. The van der Waals surface area contributed by atoms with E-state index in [1.165, 1.54) is 17.8 Å². The van der Waals surface area contributed by atoms with E-state index < -0.39 is 5.97 Å². The zero-order valence-electron chi connectivity index (χ0n) is 10.3. The van der Waals surface area contributed by atoms with E-state index >= 15 is 0 Å². The van der Waals surface area contributed by atoms with Crippen LogP contribution in [0.2, 0.25) is 0 Å². The summed E-state index contributed by atoms with van der Waals surface area (Å²) in [4.78, 5) is 26.0. The van der Waals surface area contributed by atoms with Gasteiger partial charge in [-0.3, -0.25) is 9.59 Å². The van der Waals surface area contributed by atoms with E-state index in [0.717, 1.165) is 0 Å². The Balaban J connectivity index is 2.44. The van der Waals surface area contributed by atoms with Crippen molar-refractivity contribution in [3.8, 4) is 6.07 Å². The minimum Gasteiger partial charge on any atom is -0.481 e. The summed E-state index contributed by atoms with van der Waals surface area (Å²) >= 11 is 1.23. The number of nitrogens with zero attached hydrogens (tertiary/aromatic N) is 2. The highest BCUT2D eigenvalue weighted by Crippen LogP contribution is 2.05. The van der Waals surface area contributed by atoms with Gasteiger partial charge in [0.05, 0.1) is 17.0 Å². The van der Waals surface area contributed by atoms with E-state index in [4.69, 9.17) is 10.4 Å². The lowest BCUT2D eigenvalue weighted by Gasteiger charge is -2.05. The van der Waals surface area contributed by atoms with Crippen LogP contribution in [0.5, 0.6) is 0 Å². The molecule has 0 saturated heterocycles. The minimum atomic E-state index is -0.874. The first kappa shape index (κ1) is 15.0. The number of carboxylic acid groups (broad SMARTS) is 1. The fraction of sp³-hybridized carbons (Fsp3) is 0.333. The van der Waals surface area contributed by atoms with Crippen molar-refractivity contribution in [1.82, 2.24) is 10.3 Å². The molecule has 0 bridgehead atoms. The van der Waals surface area contributed by atoms with E-state index in [2.05, 4.69) is 10.3 Å². The minimum absolute atomic E-state index is 0.0180. The molecule has 7 heteroatoms. The van der Waals surface area contributed by atoms with Gasteiger partial charge in [0, 0.05) is 12.3 Å². The SMILES string of the molecule is Cc1nc(C(=O)NCCSCC(=O)O)ccc1C#N. The number of aryl methyl sites for hydroxylation is 1. The number of pyridine rings is 1. The van der Waals surface area contributed by atoms with Crippen molar-refractivity contribution in [3.05, 3.63) is 29.1 Å². The second kappa shape index (κ2) is 7.38. The maximum atomic E-state index is 11.7. The van der Waals surface area contributed by atoms with Crippen LogP contribution in [0, 0.1) is 18.3 Å². The summed E-state index contributed by atoms with van der Waals surface area (Å²) in [6.45, 7) is 2.04. The number of hydrogen-bond acceptors (Lipinski definition) is 5. The standard InChI is InChI=1S/C12H13N3O3S/c1-8-9(6-13)2-3-10(15-8)12(18)14-4-5-19-7-11(16)17/h2-3H,4-5,7H2,1H3,(H,14,18)(H,16,17). The summed E-state index contributed by atoms with van der Waals surface area (Å²) < 4.78 is 0. The monoisotopic (exact) mass is 279 g/mol. The van der Waals surface area contributed by atoms with Gasteiger partial charge in [-0.2, -0.15) is 5.26 Å². The lowest BCUT2D eigenvalue weighted by Crippen LogP contribution is -2.27. The highest BCUT2D eigenvalue weighted by atomic mass is 32.2. The average molecular weight is 279 g/mol. The van der Waals surface area contributed by atoms with E-state index in [-0.39, 0.29) is 17.4 Å². The molecule has 0 aliphatic heterocycles. The van der Waals surface area contributed by atoms with Gasteiger partial charge >= 0.3 is 5.97 Å². The van der Waals surface area contributed by atoms with Crippen LogP contribution in [0.4, 0.5) is 0 Å². The molecule has 0 radical (unpaired) electrons. The van der Waals surface area contributed by atoms with E-state index in [0.29, 0.717) is 23.6 Å². The van der Waals surface area contributed by atoms with Crippen molar-refractivity contribution >= 4 is 23.6 Å². The molecule has 1 heterocycles. The Morgan fingerprint density at radius 1 is 1.53 bits per heavy atom. The predicted molar refractivity (Wildman–Crippen MR) is 71.0 cm³/mol. The molecule has 6 nitrogen and oxygen atoms in total. The van der Waals surface area contributed by atoms with Crippen LogP contribution < -0.4 is 5.32 Å². The van der Waals surface area contributed by atoms with Gasteiger partial charge in [-0.1, -0.05) is 0 Å². The third-order valence-electron chi connectivity index (χ3n) is 2.20. The van der Waals surface area contributed by atoms with Crippen LogP contribution in [0.25, 0.3) is 0 Å². The molecule has 0 aliphatic carbocycles. The smallest absolute Gasteiger partial charge is 0.313 e. The lowest BCUT2D eigenvalue weighted by atomic mass is 10.2. The van der Waals surface area contributed by atoms with Gasteiger partial charge in [0.2, 0.25) is 0 Å². The maximum Gasteiger partial charge on any atom is 0.313 e. The highest BCUT2D eigenvalue weighted by Gasteiger charge is 2.08. The molecule has 0 fully saturated rings. The van der Waals surface area contributed by atoms with Gasteiger partial charge in [-0.25, -0.2) is 4.98 Å². The molecule has 0 spiro atoms. The normalized spacial score (nSPS) is 9.68. The number of rotatable bonds is 6. The summed E-state index contributed by atoms with van der Waals surface area (Å²) in [6, 6.07) is 5.02. The number of amides is 1. The third-order valence-corrected chi connectivity index (χ3v) is 3.14. The summed E-state index contributed by atoms with van der Waals surface area (Å²) in [5.74, 6) is -0.665. The van der Waals surface area contributed by atoms with Crippen LogP contribution in [0.15, 0.2) is 12.1 Å². The topological polar surface area (TPSA) is 103 Å². The molecule has 2 N–H and O–H groups in total. The summed E-state index contributed by atoms with van der Waals surface area (Å²) in [7, 11) is 0. The number of carboxylic acids is 1. The molecule has 19 heavy (non-hydrogen) atoms. The number of hydrogen-bond donors (Lipinski definition) is 2. The lowest BCUT2D eigenvalue weighted by molar-refractivity contribution is -0.133. The zero-order valence-corrected chi connectivity index (χ0v) is 11.2. The Morgan fingerprint density at radius 3 is 2.84 bits per heavy atom. The van der Waals surface area contributed by atoms with Gasteiger partial charge < -0.3 is 10.4 Å². The van der Waals surface area contributed by atoms with E-state index in [1.807, 2.05) is 6.07 Å². The quantitative estimate of drug-likeness (QED) is 0.747. The first-order chi connectivity index (χ1) is 9.04. The number of nitrogens with one attached hydrogen (secondary N) is 1. The van der Waals surface area contributed by atoms with Crippen LogP contribution in [0.3, 0.4) is 0 Å². The molecule has 0 unspecified atom stereocenters. The van der Waals surface area contributed by atoms with Crippen LogP contribution in [0.1, 0.15) is 21.7 Å². The maximum absolute atomic E-state index is 11.7. The van der Waals surface area contributed by atoms with Gasteiger partial charge in [0.25, 0.3) is 5.91 Å². The predicted octanol–water partition coefficient (Wildman–Crippen LogP) is 0.809. The number of carbonyl (C=O) groups is 2. The number of aromatic nitrogens is 1. The Bertz CT molecular complexity index is 525. The molecule has 1 amide bonds. The number of nitriles is 1. The Hall–Kier alpha value is -2.07. The fourth-order valence-corrected chi connectivity index (χ4v) is 1.86. The molecule has 0 atom stereocenters. The van der Waals surface area contributed by atoms with Crippen molar-refractivity contribution in [2.45, 2.75) is 6.92 Å². The van der Waals surface area contributed by atoms with E-state index in [9.17, 15) is 9.59 Å². The van der Waals surface area contributed by atoms with Crippen LogP contribution in [-0.2, 0) is 4.79 Å². The Morgan fingerprint density at radius 2 is 2.26 bits per heavy atom. The molecular formula is C12H13N3O3S. The van der Waals surface area contributed by atoms with Gasteiger partial charge in [-0.05, 0) is 19.1 Å². The first-order valence-corrected chi connectivity index (χ1v) is 6.65.